The molecule has 0 saturated heterocycles. The van der Waals surface area contributed by atoms with E-state index < -0.39 is 27.7 Å². The number of rotatable bonds is 10. The summed E-state index contributed by atoms with van der Waals surface area (Å²) in [5, 5.41) is 10.3. The van der Waals surface area contributed by atoms with Gasteiger partial charge in [-0.05, 0) is 89.1 Å². The number of hydrogen-bond donors (Lipinski definition) is 1. The van der Waals surface area contributed by atoms with Crippen molar-refractivity contribution in [3.63, 3.8) is 0 Å². The molecule has 0 fully saturated rings. The highest BCUT2D eigenvalue weighted by Gasteiger charge is 2.31. The molecule has 0 aliphatic heterocycles. The Kier molecular flexibility index (Phi) is 9.17. The molecular formula is C31H35ClN2O8S. The van der Waals surface area contributed by atoms with Crippen LogP contribution in [0.25, 0.3) is 11.0 Å². The molecule has 0 bridgehead atoms. The number of aromatic carboxylic acids is 1. The van der Waals surface area contributed by atoms with E-state index in [2.05, 4.69) is 0 Å². The van der Waals surface area contributed by atoms with Gasteiger partial charge in [0.2, 0.25) is 5.76 Å². The van der Waals surface area contributed by atoms with Gasteiger partial charge < -0.3 is 18.7 Å². The van der Waals surface area contributed by atoms with Gasteiger partial charge in [-0.2, -0.15) is 0 Å². The molecule has 230 valence electrons. The molecule has 0 radical (unpaired) electrons. The Bertz CT molecular complexity index is 1750. The summed E-state index contributed by atoms with van der Waals surface area (Å²) >= 11 is 6.62. The molecular weight excluding hydrogens is 596 g/mol. The Labute approximate surface area is 255 Å². The summed E-state index contributed by atoms with van der Waals surface area (Å²) in [6.07, 6.45) is 1.38. The van der Waals surface area contributed by atoms with Crippen molar-refractivity contribution in [3.8, 4) is 0 Å². The van der Waals surface area contributed by atoms with Crippen molar-refractivity contribution in [2.75, 3.05) is 10.8 Å². The predicted molar refractivity (Wildman–Crippen MR) is 163 cm³/mol. The number of carbonyl (C=O) groups excluding carboxylic acids is 1. The first-order valence-corrected chi connectivity index (χ1v) is 15.6. The molecule has 12 heteroatoms. The van der Waals surface area contributed by atoms with E-state index in [1.165, 1.54) is 33.7 Å². The van der Waals surface area contributed by atoms with Gasteiger partial charge in [0, 0.05) is 28.1 Å². The van der Waals surface area contributed by atoms with Crippen LogP contribution in [0.3, 0.4) is 0 Å². The highest BCUT2D eigenvalue weighted by Crippen LogP contribution is 2.36. The average Bonchev–Trinajstić information content (AvgIpc) is 3.56. The van der Waals surface area contributed by atoms with Crippen molar-refractivity contribution in [1.29, 1.82) is 0 Å². The fourth-order valence-corrected chi connectivity index (χ4v) is 6.74. The first kappa shape index (κ1) is 32.0. The van der Waals surface area contributed by atoms with E-state index >= 15 is 0 Å². The highest BCUT2D eigenvalue weighted by molar-refractivity contribution is 7.92. The van der Waals surface area contributed by atoms with E-state index in [0.29, 0.717) is 45.0 Å². The number of furan rings is 2. The molecule has 2 aromatic heterocycles. The quantitative estimate of drug-likeness (QED) is 0.192. The van der Waals surface area contributed by atoms with Gasteiger partial charge in [0.05, 0.1) is 29.9 Å². The molecule has 0 unspecified atom stereocenters. The zero-order chi connectivity index (χ0) is 31.7. The summed E-state index contributed by atoms with van der Waals surface area (Å²) in [5.74, 6) is -0.962. The summed E-state index contributed by atoms with van der Waals surface area (Å²) < 4.78 is 46.3. The fourth-order valence-electron chi connectivity index (χ4n) is 4.90. The number of carbonyl (C=O) groups is 2. The highest BCUT2D eigenvalue weighted by atomic mass is 35.5. The predicted octanol–water partition coefficient (Wildman–Crippen LogP) is 7.40. The van der Waals surface area contributed by atoms with Crippen LogP contribution in [0.4, 0.5) is 10.5 Å². The number of fused-ring (bicyclic) bond motifs is 1. The summed E-state index contributed by atoms with van der Waals surface area (Å²) in [6, 6.07) is 11.0. The van der Waals surface area contributed by atoms with E-state index in [1.807, 2.05) is 6.92 Å². The molecule has 2 heterocycles. The van der Waals surface area contributed by atoms with E-state index in [0.717, 1.165) is 0 Å². The second-order valence-electron chi connectivity index (χ2n) is 11.0. The number of carboxylic acids is 1. The van der Waals surface area contributed by atoms with Crippen LogP contribution in [0.1, 0.15) is 67.6 Å². The SMILES string of the molecule is CCc1c(Cl)ccc(N(CC)S(=O)(=O)c2ccc3oc(C(=O)O)c(C)c3c2)c1CN(Cc1ccco1)C(=O)OC(C)(C)C. The first-order chi connectivity index (χ1) is 20.2. The zero-order valence-corrected chi connectivity index (χ0v) is 26.5. The maximum absolute atomic E-state index is 14.2. The lowest BCUT2D eigenvalue weighted by molar-refractivity contribution is 0.0203. The second kappa shape index (κ2) is 12.3. The van der Waals surface area contributed by atoms with E-state index in [4.69, 9.17) is 25.2 Å². The third kappa shape index (κ3) is 6.67. The van der Waals surface area contributed by atoms with E-state index in [1.54, 1.807) is 58.9 Å². The molecule has 0 aliphatic carbocycles. The summed E-state index contributed by atoms with van der Waals surface area (Å²) in [5.41, 5.74) is 1.41. The van der Waals surface area contributed by atoms with Crippen LogP contribution in [0.15, 0.2) is 62.5 Å². The van der Waals surface area contributed by atoms with Crippen molar-refractivity contribution in [2.24, 2.45) is 0 Å². The van der Waals surface area contributed by atoms with Crippen molar-refractivity contribution in [1.82, 2.24) is 4.90 Å². The number of aryl methyl sites for hydroxylation is 1. The number of hydrogen-bond acceptors (Lipinski definition) is 7. The Balaban J connectivity index is 1.83. The maximum atomic E-state index is 14.2. The fraction of sp³-hybridized carbons (Fsp3) is 0.355. The molecule has 1 amide bonds. The lowest BCUT2D eigenvalue weighted by atomic mass is 10.0. The molecule has 0 spiro atoms. The van der Waals surface area contributed by atoms with Gasteiger partial charge in [-0.25, -0.2) is 18.0 Å². The minimum Gasteiger partial charge on any atom is -0.475 e. The third-order valence-electron chi connectivity index (χ3n) is 6.88. The molecule has 2 aromatic carbocycles. The largest absolute Gasteiger partial charge is 0.475 e. The van der Waals surface area contributed by atoms with Crippen LogP contribution in [0.2, 0.25) is 5.02 Å². The Morgan fingerprint density at radius 1 is 1.05 bits per heavy atom. The molecule has 0 saturated carbocycles. The molecule has 10 nitrogen and oxygen atoms in total. The van der Waals surface area contributed by atoms with Crippen LogP contribution < -0.4 is 4.31 Å². The van der Waals surface area contributed by atoms with Crippen LogP contribution in [0.5, 0.6) is 0 Å². The standard InChI is InChI=1S/C31H35ClN2O8S/c1-7-22-24(18-33(17-20-10-9-15-40-20)30(37)42-31(4,5)6)26(13-12-25(22)32)34(8-2)43(38,39)21-11-14-27-23(16-21)19(3)28(41-27)29(35)36/h9-16H,7-8,17-18H2,1-6H3,(H,35,36). The van der Waals surface area contributed by atoms with E-state index in [9.17, 15) is 23.1 Å². The van der Waals surface area contributed by atoms with E-state index in [-0.39, 0.29) is 35.9 Å². The molecule has 0 atom stereocenters. The summed E-state index contributed by atoms with van der Waals surface area (Å²) in [4.78, 5) is 26.4. The Hall–Kier alpha value is -3.96. The molecule has 4 aromatic rings. The molecule has 4 rings (SSSR count). The number of benzene rings is 2. The molecule has 43 heavy (non-hydrogen) atoms. The zero-order valence-electron chi connectivity index (χ0n) is 24.9. The number of halogens is 1. The summed E-state index contributed by atoms with van der Waals surface area (Å²) in [7, 11) is -4.17. The molecule has 1 N–H and O–H groups in total. The number of carboxylic acid groups (broad SMARTS) is 1. The molecule has 0 aliphatic rings. The van der Waals surface area contributed by atoms with Crippen LogP contribution in [0, 0.1) is 6.92 Å². The lowest BCUT2D eigenvalue weighted by Crippen LogP contribution is -2.37. The Morgan fingerprint density at radius 3 is 2.35 bits per heavy atom. The van der Waals surface area contributed by atoms with Gasteiger partial charge in [-0.3, -0.25) is 9.21 Å². The number of nitrogens with zero attached hydrogens (tertiary/aromatic N) is 2. The van der Waals surface area contributed by atoms with Gasteiger partial charge in [-0.15, -0.1) is 0 Å². The number of anilines is 1. The minimum absolute atomic E-state index is 0.0114. The maximum Gasteiger partial charge on any atom is 0.411 e. The monoisotopic (exact) mass is 630 g/mol. The van der Waals surface area contributed by atoms with Crippen LogP contribution in [-0.2, 0) is 34.3 Å². The van der Waals surface area contributed by atoms with Gasteiger partial charge >= 0.3 is 12.1 Å². The van der Waals surface area contributed by atoms with Gasteiger partial charge in [0.1, 0.15) is 16.9 Å². The van der Waals surface area contributed by atoms with Crippen LogP contribution in [-0.4, -0.2) is 42.6 Å². The van der Waals surface area contributed by atoms with Crippen molar-refractivity contribution in [2.45, 2.75) is 71.5 Å². The van der Waals surface area contributed by atoms with Crippen molar-refractivity contribution >= 4 is 50.3 Å². The second-order valence-corrected chi connectivity index (χ2v) is 13.3. The number of sulfonamides is 1. The topological polar surface area (TPSA) is 130 Å². The average molecular weight is 631 g/mol. The van der Waals surface area contributed by atoms with Crippen molar-refractivity contribution in [3.05, 3.63) is 82.0 Å². The minimum atomic E-state index is -4.17. The lowest BCUT2D eigenvalue weighted by Gasteiger charge is -2.31. The first-order valence-electron chi connectivity index (χ1n) is 13.8. The number of ether oxygens (including phenoxy) is 1. The van der Waals surface area contributed by atoms with Gasteiger partial charge in [0.15, 0.2) is 0 Å². The van der Waals surface area contributed by atoms with Gasteiger partial charge in [0.25, 0.3) is 10.0 Å². The van der Waals surface area contributed by atoms with Crippen LogP contribution >= 0.6 is 11.6 Å². The smallest absolute Gasteiger partial charge is 0.411 e. The van der Waals surface area contributed by atoms with Gasteiger partial charge in [-0.1, -0.05) is 18.5 Å². The normalized spacial score (nSPS) is 12.0. The third-order valence-corrected chi connectivity index (χ3v) is 9.12. The summed E-state index contributed by atoms with van der Waals surface area (Å²) in [6.45, 7) is 10.6. The van der Waals surface area contributed by atoms with Crippen molar-refractivity contribution < 1.29 is 36.7 Å². The number of amides is 1. The Morgan fingerprint density at radius 2 is 1.77 bits per heavy atom.